The van der Waals surface area contributed by atoms with E-state index in [1.165, 1.54) is 5.69 Å². The summed E-state index contributed by atoms with van der Waals surface area (Å²) >= 11 is 0. The molecule has 1 aliphatic carbocycles. The highest BCUT2D eigenvalue weighted by molar-refractivity contribution is 5.92. The number of carbonyl (C=O) groups is 1. The minimum Gasteiger partial charge on any atom is -0.394 e. The first-order valence-electron chi connectivity index (χ1n) is 8.75. The molecule has 1 aromatic rings. The zero-order valence-electron chi connectivity index (χ0n) is 14.0. The fourth-order valence-corrected chi connectivity index (χ4v) is 3.47. The van der Waals surface area contributed by atoms with E-state index in [1.54, 1.807) is 6.08 Å². The van der Waals surface area contributed by atoms with Crippen molar-refractivity contribution in [3.63, 3.8) is 0 Å². The Bertz CT molecular complexity index is 571. The SMILES string of the molecule is O=C(/C=C/c1ccc(N2CCOCC2)cc1)NC1(CO)CCCC1. The second-order valence-corrected chi connectivity index (χ2v) is 6.66. The molecule has 1 saturated carbocycles. The fraction of sp³-hybridized carbons (Fsp3) is 0.526. The van der Waals surface area contributed by atoms with Crippen molar-refractivity contribution in [2.75, 3.05) is 37.8 Å². The number of amides is 1. The summed E-state index contributed by atoms with van der Waals surface area (Å²) in [6, 6.07) is 8.20. The Hall–Kier alpha value is -1.85. The molecule has 5 nitrogen and oxygen atoms in total. The summed E-state index contributed by atoms with van der Waals surface area (Å²) in [5, 5.41) is 12.5. The van der Waals surface area contributed by atoms with Gasteiger partial charge in [0.2, 0.25) is 5.91 Å². The maximum Gasteiger partial charge on any atom is 0.244 e. The monoisotopic (exact) mass is 330 g/mol. The molecular formula is C19H26N2O3. The van der Waals surface area contributed by atoms with Crippen molar-refractivity contribution in [2.24, 2.45) is 0 Å². The summed E-state index contributed by atoms with van der Waals surface area (Å²) in [6.45, 7) is 3.39. The van der Waals surface area contributed by atoms with Gasteiger partial charge in [0.1, 0.15) is 0 Å². The van der Waals surface area contributed by atoms with E-state index in [-0.39, 0.29) is 12.5 Å². The second kappa shape index (κ2) is 7.81. The molecule has 0 atom stereocenters. The molecule has 1 saturated heterocycles. The van der Waals surface area contributed by atoms with Crippen LogP contribution in [0.2, 0.25) is 0 Å². The topological polar surface area (TPSA) is 61.8 Å². The lowest BCUT2D eigenvalue weighted by Gasteiger charge is -2.28. The van der Waals surface area contributed by atoms with Gasteiger partial charge >= 0.3 is 0 Å². The first kappa shape index (κ1) is 17.0. The third-order valence-electron chi connectivity index (χ3n) is 4.95. The van der Waals surface area contributed by atoms with Gasteiger partial charge in [-0.15, -0.1) is 0 Å². The van der Waals surface area contributed by atoms with Crippen LogP contribution in [0, 0.1) is 0 Å². The van der Waals surface area contributed by atoms with Crippen LogP contribution in [0.4, 0.5) is 5.69 Å². The molecule has 0 radical (unpaired) electrons. The van der Waals surface area contributed by atoms with Gasteiger partial charge in [-0.25, -0.2) is 0 Å². The molecule has 1 amide bonds. The predicted molar refractivity (Wildman–Crippen MR) is 94.9 cm³/mol. The van der Waals surface area contributed by atoms with Crippen molar-refractivity contribution in [3.05, 3.63) is 35.9 Å². The number of rotatable bonds is 5. The number of ether oxygens (including phenoxy) is 1. The van der Waals surface area contributed by atoms with Gasteiger partial charge in [0, 0.05) is 24.9 Å². The predicted octanol–water partition coefficient (Wildman–Crippen LogP) is 1.96. The van der Waals surface area contributed by atoms with Gasteiger partial charge < -0.3 is 20.1 Å². The lowest BCUT2D eigenvalue weighted by molar-refractivity contribution is -0.118. The van der Waals surface area contributed by atoms with Crippen LogP contribution in [0.1, 0.15) is 31.2 Å². The summed E-state index contributed by atoms with van der Waals surface area (Å²) in [7, 11) is 0. The van der Waals surface area contributed by atoms with Gasteiger partial charge in [-0.1, -0.05) is 25.0 Å². The standard InChI is InChI=1S/C19H26N2O3/c22-15-19(9-1-2-10-19)20-18(23)8-5-16-3-6-17(7-4-16)21-11-13-24-14-12-21/h3-8,22H,1-2,9-15H2,(H,20,23)/b8-5+. The Morgan fingerprint density at radius 1 is 1.21 bits per heavy atom. The van der Waals surface area contributed by atoms with E-state index >= 15 is 0 Å². The molecule has 1 aliphatic heterocycles. The number of benzene rings is 1. The van der Waals surface area contributed by atoms with Gasteiger partial charge in [-0.3, -0.25) is 4.79 Å². The lowest BCUT2D eigenvalue weighted by atomic mass is 9.99. The molecule has 0 spiro atoms. The van der Waals surface area contributed by atoms with Crippen LogP contribution in [0.3, 0.4) is 0 Å². The van der Waals surface area contributed by atoms with E-state index < -0.39 is 5.54 Å². The van der Waals surface area contributed by atoms with Gasteiger partial charge in [0.05, 0.1) is 25.4 Å². The molecule has 24 heavy (non-hydrogen) atoms. The number of hydrogen-bond acceptors (Lipinski definition) is 4. The molecule has 2 aliphatic rings. The van der Waals surface area contributed by atoms with Gasteiger partial charge in [0.15, 0.2) is 0 Å². The molecule has 0 bridgehead atoms. The van der Waals surface area contributed by atoms with Crippen LogP contribution in [0.15, 0.2) is 30.3 Å². The molecule has 130 valence electrons. The molecule has 3 rings (SSSR count). The Labute approximate surface area is 143 Å². The van der Waals surface area contributed by atoms with Crippen LogP contribution < -0.4 is 10.2 Å². The highest BCUT2D eigenvalue weighted by Crippen LogP contribution is 2.29. The van der Waals surface area contributed by atoms with Crippen molar-refractivity contribution in [2.45, 2.75) is 31.2 Å². The van der Waals surface area contributed by atoms with Crippen molar-refractivity contribution in [1.29, 1.82) is 0 Å². The Kier molecular flexibility index (Phi) is 5.53. The highest BCUT2D eigenvalue weighted by Gasteiger charge is 2.33. The number of aliphatic hydroxyl groups excluding tert-OH is 1. The summed E-state index contributed by atoms with van der Waals surface area (Å²) in [4.78, 5) is 14.4. The summed E-state index contributed by atoms with van der Waals surface area (Å²) in [6.07, 6.45) is 7.22. The molecule has 1 heterocycles. The first-order chi connectivity index (χ1) is 11.7. The molecular weight excluding hydrogens is 304 g/mol. The maximum absolute atomic E-state index is 12.1. The average molecular weight is 330 g/mol. The van der Waals surface area contributed by atoms with Crippen LogP contribution in [-0.4, -0.2) is 49.5 Å². The second-order valence-electron chi connectivity index (χ2n) is 6.66. The van der Waals surface area contributed by atoms with E-state index in [0.29, 0.717) is 0 Å². The third-order valence-corrected chi connectivity index (χ3v) is 4.95. The van der Waals surface area contributed by atoms with Crippen LogP contribution in [-0.2, 0) is 9.53 Å². The quantitative estimate of drug-likeness (QED) is 0.810. The van der Waals surface area contributed by atoms with Gasteiger partial charge in [-0.2, -0.15) is 0 Å². The lowest BCUT2D eigenvalue weighted by Crippen LogP contribution is -2.48. The van der Waals surface area contributed by atoms with Crippen LogP contribution in [0.25, 0.3) is 6.08 Å². The van der Waals surface area contributed by atoms with E-state index in [2.05, 4.69) is 22.3 Å². The van der Waals surface area contributed by atoms with Crippen LogP contribution in [0.5, 0.6) is 0 Å². The van der Waals surface area contributed by atoms with E-state index in [4.69, 9.17) is 4.74 Å². The summed E-state index contributed by atoms with van der Waals surface area (Å²) in [5.74, 6) is -0.136. The Morgan fingerprint density at radius 2 is 1.88 bits per heavy atom. The molecule has 1 aromatic carbocycles. The maximum atomic E-state index is 12.1. The van der Waals surface area contributed by atoms with Crippen molar-refractivity contribution < 1.29 is 14.6 Å². The van der Waals surface area contributed by atoms with Crippen molar-refractivity contribution in [1.82, 2.24) is 5.32 Å². The van der Waals surface area contributed by atoms with Crippen LogP contribution >= 0.6 is 0 Å². The molecule has 5 heteroatoms. The summed E-state index contributed by atoms with van der Waals surface area (Å²) in [5.41, 5.74) is 1.76. The number of morpholine rings is 1. The number of nitrogens with one attached hydrogen (secondary N) is 1. The smallest absolute Gasteiger partial charge is 0.244 e. The number of carbonyl (C=O) groups excluding carboxylic acids is 1. The minimum absolute atomic E-state index is 0.0147. The number of anilines is 1. The zero-order chi connectivity index (χ0) is 16.8. The molecule has 2 fully saturated rings. The Balaban J connectivity index is 1.56. The van der Waals surface area contributed by atoms with Crippen molar-refractivity contribution in [3.8, 4) is 0 Å². The van der Waals surface area contributed by atoms with E-state index in [9.17, 15) is 9.90 Å². The normalized spacial score (nSPS) is 20.5. The van der Waals surface area contributed by atoms with Gasteiger partial charge in [-0.05, 0) is 36.6 Å². The van der Waals surface area contributed by atoms with Crippen molar-refractivity contribution >= 4 is 17.7 Å². The molecule has 0 unspecified atom stereocenters. The zero-order valence-corrected chi connectivity index (χ0v) is 14.0. The van der Waals surface area contributed by atoms with E-state index in [0.717, 1.165) is 57.6 Å². The average Bonchev–Trinajstić information content (AvgIpc) is 3.10. The number of nitrogens with zero attached hydrogens (tertiary/aromatic N) is 1. The highest BCUT2D eigenvalue weighted by atomic mass is 16.5. The minimum atomic E-state index is -0.415. The third kappa shape index (κ3) is 4.16. The largest absolute Gasteiger partial charge is 0.394 e. The first-order valence-corrected chi connectivity index (χ1v) is 8.75. The molecule has 0 aromatic heterocycles. The number of hydrogen-bond donors (Lipinski definition) is 2. The van der Waals surface area contributed by atoms with E-state index in [1.807, 2.05) is 18.2 Å². The fourth-order valence-electron chi connectivity index (χ4n) is 3.47. The van der Waals surface area contributed by atoms with Gasteiger partial charge in [0.25, 0.3) is 0 Å². The molecule has 2 N–H and O–H groups in total. The Morgan fingerprint density at radius 3 is 2.50 bits per heavy atom. The summed E-state index contributed by atoms with van der Waals surface area (Å²) < 4.78 is 5.37. The number of aliphatic hydroxyl groups is 1.